The van der Waals surface area contributed by atoms with Gasteiger partial charge in [-0.2, -0.15) is 0 Å². The van der Waals surface area contributed by atoms with E-state index in [1.54, 1.807) is 6.08 Å². The average molecular weight is 772 g/mol. The summed E-state index contributed by atoms with van der Waals surface area (Å²) in [5, 5.41) is 0. The molecule has 0 radical (unpaired) electrons. The second kappa shape index (κ2) is 37.9. The van der Waals surface area contributed by atoms with Crippen molar-refractivity contribution in [2.75, 3.05) is 54.1 Å². The van der Waals surface area contributed by atoms with Crippen molar-refractivity contribution in [2.45, 2.75) is 200 Å². The topological polar surface area (TPSA) is 94.1 Å². The van der Waals surface area contributed by atoms with Crippen molar-refractivity contribution < 1.29 is 37.3 Å². The van der Waals surface area contributed by atoms with Crippen LogP contribution in [0.25, 0.3) is 0 Å². The van der Waals surface area contributed by atoms with Gasteiger partial charge in [0.2, 0.25) is 0 Å². The van der Waals surface area contributed by atoms with Crippen molar-refractivity contribution in [2.24, 2.45) is 0 Å². The number of quaternary nitrogens is 1. The summed E-state index contributed by atoms with van der Waals surface area (Å²) in [6.45, 7) is 5.29. The zero-order chi connectivity index (χ0) is 39.1. The maximum absolute atomic E-state index is 12.6. The lowest BCUT2D eigenvalue weighted by atomic mass is 10.0. The first-order chi connectivity index (χ1) is 25.6. The van der Waals surface area contributed by atoms with Crippen LogP contribution in [0.3, 0.4) is 0 Å². The molecule has 8 nitrogen and oxygen atoms in total. The lowest BCUT2D eigenvalue weighted by Gasteiger charge is -2.28. The Labute approximate surface area is 328 Å². The average Bonchev–Trinajstić information content (AvgIpc) is 3.11. The van der Waals surface area contributed by atoms with E-state index in [0.717, 1.165) is 25.7 Å². The van der Waals surface area contributed by atoms with E-state index in [4.69, 9.17) is 18.5 Å². The first-order valence-corrected chi connectivity index (χ1v) is 23.6. The highest BCUT2D eigenvalue weighted by atomic mass is 31.2. The minimum atomic E-state index is -4.54. The number of hydrogen-bond acceptors (Lipinski definition) is 7. The maximum atomic E-state index is 12.6. The third kappa shape index (κ3) is 42.0. The summed E-state index contributed by atoms with van der Waals surface area (Å²) in [7, 11) is 1.31. The molecule has 0 spiro atoms. The predicted octanol–water partition coefficient (Wildman–Crippen LogP) is 12.2. The van der Waals surface area contributed by atoms with E-state index in [2.05, 4.69) is 19.9 Å². The van der Waals surface area contributed by atoms with E-state index in [1.807, 2.05) is 27.2 Å². The van der Waals surface area contributed by atoms with Gasteiger partial charge in [-0.05, 0) is 19.3 Å². The molecule has 0 aliphatic heterocycles. The van der Waals surface area contributed by atoms with Crippen LogP contribution in [0.4, 0.5) is 0 Å². The molecule has 9 heteroatoms. The first-order valence-electron chi connectivity index (χ1n) is 22.1. The van der Waals surface area contributed by atoms with Crippen LogP contribution in [0.1, 0.15) is 194 Å². The summed E-state index contributed by atoms with van der Waals surface area (Å²) >= 11 is 0. The number of allylic oxidation sites excluding steroid dienone is 3. The molecule has 2 atom stereocenters. The van der Waals surface area contributed by atoms with Gasteiger partial charge in [-0.3, -0.25) is 4.57 Å². The van der Waals surface area contributed by atoms with Crippen molar-refractivity contribution in [1.29, 1.82) is 0 Å². The molecule has 0 rings (SSSR count). The molecule has 0 aromatic heterocycles. The van der Waals surface area contributed by atoms with Crippen molar-refractivity contribution in [3.63, 3.8) is 0 Å². The Morgan fingerprint density at radius 3 is 1.47 bits per heavy atom. The Bertz CT molecular complexity index is 905. The molecular weight excluding hydrogens is 685 g/mol. The number of carbonyl (C=O) groups excluding carboxylic acids is 1. The van der Waals surface area contributed by atoms with Crippen LogP contribution in [-0.2, 0) is 27.9 Å². The molecule has 0 saturated heterocycles. The molecule has 314 valence electrons. The van der Waals surface area contributed by atoms with Gasteiger partial charge in [-0.1, -0.05) is 193 Å². The van der Waals surface area contributed by atoms with E-state index in [9.17, 15) is 14.3 Å². The maximum Gasteiger partial charge on any atom is 0.331 e. The highest BCUT2D eigenvalue weighted by molar-refractivity contribution is 7.45. The molecule has 0 amide bonds. The van der Waals surface area contributed by atoms with Gasteiger partial charge in [0.05, 0.1) is 34.4 Å². The molecule has 0 fully saturated rings. The molecule has 0 heterocycles. The Morgan fingerprint density at radius 1 is 0.585 bits per heavy atom. The fourth-order valence-electron chi connectivity index (χ4n) is 6.16. The molecule has 53 heavy (non-hydrogen) atoms. The van der Waals surface area contributed by atoms with E-state index in [1.165, 1.54) is 160 Å². The first kappa shape index (κ1) is 52.0. The highest BCUT2D eigenvalue weighted by Gasteiger charge is 2.19. The Balaban J connectivity index is 4.30. The van der Waals surface area contributed by atoms with Gasteiger partial charge in [-0.15, -0.1) is 0 Å². The Morgan fingerprint density at radius 2 is 1.02 bits per heavy atom. The quantitative estimate of drug-likeness (QED) is 0.0152. The van der Waals surface area contributed by atoms with Crippen LogP contribution in [0.2, 0.25) is 0 Å². The van der Waals surface area contributed by atoms with Gasteiger partial charge in [0.1, 0.15) is 19.3 Å². The summed E-state index contributed by atoms with van der Waals surface area (Å²) in [6, 6.07) is 0. The molecular formula is C44H86NO7P. The molecule has 1 unspecified atom stereocenters. The SMILES string of the molecule is CCCCCCCCCCCCCC=CC=CC(=O)O[C@H](COCCCCCCCCCCCCCCCCCC)COP(=O)([O-])OCC[N+](C)(C)C. The molecule has 0 aromatic carbocycles. The van der Waals surface area contributed by atoms with E-state index >= 15 is 0 Å². The smallest absolute Gasteiger partial charge is 0.331 e. The fourth-order valence-corrected chi connectivity index (χ4v) is 6.89. The summed E-state index contributed by atoms with van der Waals surface area (Å²) in [4.78, 5) is 24.9. The normalized spacial score (nSPS) is 14.0. The molecule has 0 N–H and O–H groups in total. The molecule has 0 aliphatic carbocycles. The van der Waals surface area contributed by atoms with Crippen molar-refractivity contribution in [3.05, 3.63) is 24.3 Å². The number of ether oxygens (including phenoxy) is 2. The standard InChI is InChI=1S/C44H86NO7P/c1-6-8-10-12-14-16-18-20-22-24-26-28-30-32-34-36-39-49-41-43(42-51-53(47,48)50-40-38-45(3,4)5)52-44(46)37-35-33-31-29-27-25-23-21-19-17-15-13-11-9-7-2/h31,33,35,37,43H,6-30,32,34,36,38-42H2,1-5H3/t43-/m1/s1. The van der Waals surface area contributed by atoms with E-state index in [-0.39, 0.29) is 19.8 Å². The number of carbonyl (C=O) groups is 1. The Kier molecular flexibility index (Phi) is 37.2. The lowest BCUT2D eigenvalue weighted by molar-refractivity contribution is -0.870. The van der Waals surface area contributed by atoms with Gasteiger partial charge >= 0.3 is 5.97 Å². The predicted molar refractivity (Wildman–Crippen MR) is 222 cm³/mol. The summed E-state index contributed by atoms with van der Waals surface area (Å²) in [5.74, 6) is -0.560. The zero-order valence-corrected chi connectivity index (χ0v) is 36.4. The summed E-state index contributed by atoms with van der Waals surface area (Å²) < 4.78 is 34.4. The van der Waals surface area contributed by atoms with Crippen LogP contribution in [0, 0.1) is 0 Å². The van der Waals surface area contributed by atoms with Gasteiger partial charge in [0.25, 0.3) is 7.82 Å². The molecule has 0 aromatic rings. The lowest BCUT2D eigenvalue weighted by Crippen LogP contribution is -2.37. The largest absolute Gasteiger partial charge is 0.756 e. The van der Waals surface area contributed by atoms with Crippen LogP contribution in [0.15, 0.2) is 24.3 Å². The number of rotatable bonds is 41. The second-order valence-corrected chi connectivity index (χ2v) is 17.5. The van der Waals surface area contributed by atoms with E-state index in [0.29, 0.717) is 17.6 Å². The molecule has 0 bridgehead atoms. The summed E-state index contributed by atoms with van der Waals surface area (Å²) in [5.41, 5.74) is 0. The number of likely N-dealkylation sites (N-methyl/N-ethyl adjacent to an activating group) is 1. The van der Waals surface area contributed by atoms with Gasteiger partial charge in [0, 0.05) is 12.7 Å². The van der Waals surface area contributed by atoms with Crippen molar-refractivity contribution in [3.8, 4) is 0 Å². The molecule has 0 aliphatic rings. The number of phosphoric acid groups is 1. The van der Waals surface area contributed by atoms with Crippen LogP contribution < -0.4 is 4.89 Å². The fraction of sp³-hybridized carbons (Fsp3) is 0.886. The third-order valence-electron chi connectivity index (χ3n) is 9.61. The second-order valence-electron chi connectivity index (χ2n) is 16.1. The number of esters is 1. The monoisotopic (exact) mass is 772 g/mol. The number of phosphoric ester groups is 1. The van der Waals surface area contributed by atoms with E-state index < -0.39 is 19.9 Å². The van der Waals surface area contributed by atoms with Gasteiger partial charge < -0.3 is 27.9 Å². The third-order valence-corrected chi connectivity index (χ3v) is 10.6. The van der Waals surface area contributed by atoms with Crippen molar-refractivity contribution >= 4 is 13.8 Å². The van der Waals surface area contributed by atoms with Gasteiger partial charge in [-0.25, -0.2) is 4.79 Å². The van der Waals surface area contributed by atoms with Gasteiger partial charge in [0.15, 0.2) is 0 Å². The van der Waals surface area contributed by atoms with Crippen LogP contribution in [0.5, 0.6) is 0 Å². The minimum absolute atomic E-state index is 0.0127. The molecule has 0 saturated carbocycles. The summed E-state index contributed by atoms with van der Waals surface area (Å²) in [6.07, 6.45) is 42.5. The number of nitrogens with zero attached hydrogens (tertiary/aromatic N) is 1. The highest BCUT2D eigenvalue weighted by Crippen LogP contribution is 2.38. The number of unbranched alkanes of at least 4 members (excludes halogenated alkanes) is 26. The van der Waals surface area contributed by atoms with Crippen LogP contribution >= 0.6 is 7.82 Å². The Hall–Kier alpha value is -1.02. The zero-order valence-electron chi connectivity index (χ0n) is 35.5. The number of hydrogen-bond donors (Lipinski definition) is 0. The van der Waals surface area contributed by atoms with Crippen LogP contribution in [-0.4, -0.2) is 70.7 Å². The minimum Gasteiger partial charge on any atom is -0.756 e. The van der Waals surface area contributed by atoms with Crippen molar-refractivity contribution in [1.82, 2.24) is 0 Å².